The van der Waals surface area contributed by atoms with Gasteiger partial charge >= 0.3 is 0 Å². The Balaban J connectivity index is 1.41. The SMILES string of the molecule is O=C1NCCc2c1nc(-c1ccccc1)nc2N1CCC(Oc2cccnc2)CC1. The first kappa shape index (κ1) is 18.5. The van der Waals surface area contributed by atoms with Gasteiger partial charge in [-0.05, 0) is 18.6 Å². The van der Waals surface area contributed by atoms with Crippen LogP contribution in [0.3, 0.4) is 0 Å². The second kappa shape index (κ2) is 8.10. The van der Waals surface area contributed by atoms with E-state index in [1.54, 1.807) is 12.4 Å². The van der Waals surface area contributed by atoms with Crippen LogP contribution in [-0.4, -0.2) is 46.6 Å². The first-order valence-electron chi connectivity index (χ1n) is 10.3. The highest BCUT2D eigenvalue weighted by Gasteiger charge is 2.29. The minimum atomic E-state index is -0.119. The van der Waals surface area contributed by atoms with Crippen LogP contribution in [0.25, 0.3) is 11.4 Å². The van der Waals surface area contributed by atoms with Crippen LogP contribution in [0, 0.1) is 0 Å². The summed E-state index contributed by atoms with van der Waals surface area (Å²) in [6.07, 6.45) is 6.17. The smallest absolute Gasteiger partial charge is 0.270 e. The molecule has 1 amide bonds. The van der Waals surface area contributed by atoms with Gasteiger partial charge in [0.15, 0.2) is 5.82 Å². The Morgan fingerprint density at radius 1 is 1.03 bits per heavy atom. The number of nitrogens with zero attached hydrogens (tertiary/aromatic N) is 4. The molecule has 2 aromatic heterocycles. The number of anilines is 1. The van der Waals surface area contributed by atoms with E-state index in [1.807, 2.05) is 42.5 Å². The molecule has 152 valence electrons. The van der Waals surface area contributed by atoms with E-state index in [2.05, 4.69) is 20.2 Å². The van der Waals surface area contributed by atoms with E-state index >= 15 is 0 Å². The lowest BCUT2D eigenvalue weighted by Gasteiger charge is -2.35. The van der Waals surface area contributed by atoms with Crippen molar-refractivity contribution in [2.75, 3.05) is 24.5 Å². The maximum absolute atomic E-state index is 12.5. The molecule has 0 spiro atoms. The fraction of sp³-hybridized carbons (Fsp3) is 0.304. The molecule has 1 fully saturated rings. The van der Waals surface area contributed by atoms with Gasteiger partial charge in [0.2, 0.25) is 0 Å². The minimum absolute atomic E-state index is 0.119. The molecule has 0 unspecified atom stereocenters. The van der Waals surface area contributed by atoms with Gasteiger partial charge < -0.3 is 15.0 Å². The fourth-order valence-electron chi connectivity index (χ4n) is 4.05. The molecule has 2 aliphatic heterocycles. The molecule has 5 rings (SSSR count). The van der Waals surface area contributed by atoms with Crippen molar-refractivity contribution in [2.45, 2.75) is 25.4 Å². The van der Waals surface area contributed by atoms with Crippen molar-refractivity contribution in [3.05, 3.63) is 66.1 Å². The summed E-state index contributed by atoms with van der Waals surface area (Å²) in [5.74, 6) is 2.16. The second-order valence-electron chi connectivity index (χ2n) is 7.56. The number of ether oxygens (including phenoxy) is 1. The number of pyridine rings is 1. The van der Waals surface area contributed by atoms with Crippen molar-refractivity contribution < 1.29 is 9.53 Å². The lowest BCUT2D eigenvalue weighted by atomic mass is 10.0. The summed E-state index contributed by atoms with van der Waals surface area (Å²) < 4.78 is 6.08. The molecular formula is C23H23N5O2. The van der Waals surface area contributed by atoms with Crippen LogP contribution in [0.5, 0.6) is 5.75 Å². The van der Waals surface area contributed by atoms with E-state index < -0.39 is 0 Å². The van der Waals surface area contributed by atoms with Crippen molar-refractivity contribution in [3.8, 4) is 17.1 Å². The normalized spacial score (nSPS) is 16.7. The number of hydrogen-bond acceptors (Lipinski definition) is 6. The van der Waals surface area contributed by atoms with Crippen LogP contribution in [-0.2, 0) is 6.42 Å². The largest absolute Gasteiger partial charge is 0.489 e. The molecule has 30 heavy (non-hydrogen) atoms. The van der Waals surface area contributed by atoms with Gasteiger partial charge in [-0.3, -0.25) is 9.78 Å². The zero-order valence-electron chi connectivity index (χ0n) is 16.6. The highest BCUT2D eigenvalue weighted by molar-refractivity contribution is 5.96. The molecule has 2 aliphatic rings. The summed E-state index contributed by atoms with van der Waals surface area (Å²) in [4.78, 5) is 28.4. The number of rotatable bonds is 4. The van der Waals surface area contributed by atoms with Crippen molar-refractivity contribution in [1.82, 2.24) is 20.3 Å². The number of piperidine rings is 1. The molecule has 1 saturated heterocycles. The molecule has 1 N–H and O–H groups in total. The van der Waals surface area contributed by atoms with Crippen molar-refractivity contribution in [1.29, 1.82) is 0 Å². The Bertz CT molecular complexity index is 1030. The Hall–Kier alpha value is -3.48. The van der Waals surface area contributed by atoms with Crippen LogP contribution in [0.2, 0.25) is 0 Å². The lowest BCUT2D eigenvalue weighted by Crippen LogP contribution is -2.41. The summed E-state index contributed by atoms with van der Waals surface area (Å²) >= 11 is 0. The van der Waals surface area contributed by atoms with Crippen LogP contribution >= 0.6 is 0 Å². The molecule has 7 nitrogen and oxygen atoms in total. The number of fused-ring (bicyclic) bond motifs is 1. The Labute approximate surface area is 175 Å². The highest BCUT2D eigenvalue weighted by Crippen LogP contribution is 2.30. The van der Waals surface area contributed by atoms with Gasteiger partial charge in [0.25, 0.3) is 5.91 Å². The molecule has 1 aromatic carbocycles. The zero-order valence-corrected chi connectivity index (χ0v) is 16.6. The van der Waals surface area contributed by atoms with Crippen molar-refractivity contribution in [3.63, 3.8) is 0 Å². The van der Waals surface area contributed by atoms with E-state index in [0.29, 0.717) is 18.1 Å². The van der Waals surface area contributed by atoms with E-state index in [9.17, 15) is 4.79 Å². The Morgan fingerprint density at radius 2 is 1.87 bits per heavy atom. The average Bonchev–Trinajstić information content (AvgIpc) is 2.81. The molecule has 0 atom stereocenters. The van der Waals surface area contributed by atoms with E-state index in [4.69, 9.17) is 9.72 Å². The molecule has 3 aromatic rings. The number of nitrogens with one attached hydrogen (secondary N) is 1. The van der Waals surface area contributed by atoms with E-state index in [-0.39, 0.29) is 12.0 Å². The molecule has 0 aliphatic carbocycles. The topological polar surface area (TPSA) is 80.2 Å². The summed E-state index contributed by atoms with van der Waals surface area (Å²) in [5, 5.41) is 2.91. The Morgan fingerprint density at radius 3 is 2.63 bits per heavy atom. The van der Waals surface area contributed by atoms with Gasteiger partial charge in [0.05, 0.1) is 6.20 Å². The first-order chi connectivity index (χ1) is 14.8. The van der Waals surface area contributed by atoms with Crippen molar-refractivity contribution in [2.24, 2.45) is 0 Å². The van der Waals surface area contributed by atoms with Gasteiger partial charge in [-0.25, -0.2) is 9.97 Å². The summed E-state index contributed by atoms with van der Waals surface area (Å²) in [5.41, 5.74) is 2.36. The molecule has 0 radical (unpaired) electrons. The average molecular weight is 401 g/mol. The summed E-state index contributed by atoms with van der Waals surface area (Å²) in [6, 6.07) is 13.6. The van der Waals surface area contributed by atoms with E-state index in [0.717, 1.165) is 55.0 Å². The van der Waals surface area contributed by atoms with Gasteiger partial charge in [0.1, 0.15) is 23.4 Å². The van der Waals surface area contributed by atoms with Crippen molar-refractivity contribution >= 4 is 11.7 Å². The van der Waals surface area contributed by atoms with Gasteiger partial charge in [0, 0.05) is 49.8 Å². The number of carbonyl (C=O) groups is 1. The molecule has 4 heterocycles. The van der Waals surface area contributed by atoms with Crippen LogP contribution in [0.1, 0.15) is 28.9 Å². The fourth-order valence-corrected chi connectivity index (χ4v) is 4.05. The minimum Gasteiger partial charge on any atom is -0.489 e. The van der Waals surface area contributed by atoms with Crippen LogP contribution < -0.4 is 15.0 Å². The number of hydrogen-bond donors (Lipinski definition) is 1. The van der Waals surface area contributed by atoms with Gasteiger partial charge in [-0.15, -0.1) is 0 Å². The number of benzene rings is 1. The maximum atomic E-state index is 12.5. The van der Waals surface area contributed by atoms with Gasteiger partial charge in [-0.1, -0.05) is 30.3 Å². The predicted molar refractivity (Wildman–Crippen MR) is 114 cm³/mol. The third-order valence-corrected chi connectivity index (χ3v) is 5.57. The van der Waals surface area contributed by atoms with Gasteiger partial charge in [-0.2, -0.15) is 0 Å². The standard InChI is InChI=1S/C23H23N5O2/c29-23-20-19(8-12-25-23)22(27-21(26-20)16-5-2-1-3-6-16)28-13-9-17(10-14-28)30-18-7-4-11-24-15-18/h1-7,11,15,17H,8-10,12-14H2,(H,25,29). The second-order valence-corrected chi connectivity index (χ2v) is 7.56. The number of amides is 1. The molecule has 0 bridgehead atoms. The lowest BCUT2D eigenvalue weighted by molar-refractivity contribution is 0.0940. The Kier molecular flexibility index (Phi) is 5.01. The third-order valence-electron chi connectivity index (χ3n) is 5.57. The predicted octanol–water partition coefficient (Wildman–Crippen LogP) is 2.87. The summed E-state index contributed by atoms with van der Waals surface area (Å²) in [6.45, 7) is 2.27. The quantitative estimate of drug-likeness (QED) is 0.724. The van der Waals surface area contributed by atoms with Crippen LogP contribution in [0.15, 0.2) is 54.9 Å². The van der Waals surface area contributed by atoms with Crippen LogP contribution in [0.4, 0.5) is 5.82 Å². The zero-order chi connectivity index (χ0) is 20.3. The van der Waals surface area contributed by atoms with E-state index in [1.165, 1.54) is 0 Å². The summed E-state index contributed by atoms with van der Waals surface area (Å²) in [7, 11) is 0. The maximum Gasteiger partial charge on any atom is 0.270 e. The number of carbonyl (C=O) groups excluding carboxylic acids is 1. The third kappa shape index (κ3) is 3.70. The molecule has 0 saturated carbocycles. The molecular weight excluding hydrogens is 378 g/mol. The first-order valence-corrected chi connectivity index (χ1v) is 10.3. The molecule has 7 heteroatoms. The number of aromatic nitrogens is 3. The highest BCUT2D eigenvalue weighted by atomic mass is 16.5. The monoisotopic (exact) mass is 401 g/mol.